The average Bonchev–Trinajstić information content (AvgIpc) is 2.88. The van der Waals surface area contributed by atoms with Gasteiger partial charge in [-0.05, 0) is 55.3 Å². The van der Waals surface area contributed by atoms with Crippen LogP contribution >= 0.6 is 0 Å². The molecular weight excluding hydrogens is 518 g/mol. The van der Waals surface area contributed by atoms with Crippen molar-refractivity contribution < 1.29 is 22.8 Å². The van der Waals surface area contributed by atoms with E-state index < -0.39 is 27.9 Å². The molecule has 0 aliphatic carbocycles. The molecule has 3 aromatic rings. The summed E-state index contributed by atoms with van der Waals surface area (Å²) in [4.78, 5) is 41.0. The minimum atomic E-state index is -3.70. The first-order valence-electron chi connectivity index (χ1n) is 12.3. The number of benzene rings is 3. The largest absolute Gasteiger partial charge is 0.348 e. The van der Waals surface area contributed by atoms with E-state index in [1.54, 1.807) is 48.2 Å². The maximum Gasteiger partial charge on any atom is 0.247 e. The van der Waals surface area contributed by atoms with Crippen LogP contribution in [0.25, 0.3) is 0 Å². The number of carbonyl (C=O) groups excluding carboxylic acids is 3. The summed E-state index contributed by atoms with van der Waals surface area (Å²) in [6, 6.07) is 17.9. The number of hydrogen-bond donors (Lipinski definition) is 3. The Balaban J connectivity index is 1.58. The Hall–Kier alpha value is -4.22. The van der Waals surface area contributed by atoms with Crippen LogP contribution in [-0.2, 0) is 24.4 Å². The summed E-state index contributed by atoms with van der Waals surface area (Å²) in [7, 11) is -0.839. The average molecular weight is 550 g/mol. The zero-order valence-electron chi connectivity index (χ0n) is 22.2. The highest BCUT2D eigenvalue weighted by atomic mass is 32.2. The highest BCUT2D eigenvalue weighted by Crippen LogP contribution is 2.33. The lowest BCUT2D eigenvalue weighted by Gasteiger charge is -2.37. The molecule has 0 bridgehead atoms. The van der Waals surface area contributed by atoms with Crippen molar-refractivity contribution in [3.63, 3.8) is 0 Å². The first-order valence-corrected chi connectivity index (χ1v) is 13.8. The van der Waals surface area contributed by atoms with E-state index >= 15 is 0 Å². The lowest BCUT2D eigenvalue weighted by Crippen LogP contribution is -2.52. The molecule has 0 unspecified atom stereocenters. The maximum absolute atomic E-state index is 13.3. The van der Waals surface area contributed by atoms with Crippen molar-refractivity contribution >= 4 is 50.5 Å². The van der Waals surface area contributed by atoms with Gasteiger partial charge in [0, 0.05) is 25.5 Å². The van der Waals surface area contributed by atoms with Gasteiger partial charge < -0.3 is 20.9 Å². The SMILES string of the molecule is Cc1ccccc1NC(=O)C[C@H]1C(=O)Nc2ccccc2N1CC(=O)Nc1cc(S(=O)(=O)N(C)C)ccc1C. The van der Waals surface area contributed by atoms with Crippen LogP contribution in [0.3, 0.4) is 0 Å². The van der Waals surface area contributed by atoms with Crippen LogP contribution in [0.2, 0.25) is 0 Å². The van der Waals surface area contributed by atoms with Crippen LogP contribution in [0.5, 0.6) is 0 Å². The fourth-order valence-electron chi connectivity index (χ4n) is 4.30. The number of carbonyl (C=O) groups is 3. The van der Waals surface area contributed by atoms with Gasteiger partial charge in [0.25, 0.3) is 0 Å². The summed E-state index contributed by atoms with van der Waals surface area (Å²) >= 11 is 0. The van der Waals surface area contributed by atoms with Gasteiger partial charge in [0.1, 0.15) is 6.04 Å². The summed E-state index contributed by atoms with van der Waals surface area (Å²) in [5.41, 5.74) is 3.67. The Labute approximate surface area is 228 Å². The lowest BCUT2D eigenvalue weighted by atomic mass is 10.0. The summed E-state index contributed by atoms with van der Waals surface area (Å²) in [6.07, 6.45) is -0.183. The van der Waals surface area contributed by atoms with Crippen LogP contribution in [0.15, 0.2) is 71.6 Å². The zero-order valence-corrected chi connectivity index (χ0v) is 23.0. The number of aryl methyl sites for hydroxylation is 2. The first-order chi connectivity index (χ1) is 18.5. The first kappa shape index (κ1) is 27.8. The molecular formula is C28H31N5O5S. The molecule has 0 aromatic heterocycles. The van der Waals surface area contributed by atoms with E-state index in [-0.39, 0.29) is 23.8 Å². The van der Waals surface area contributed by atoms with E-state index in [0.717, 1.165) is 9.87 Å². The number of sulfonamides is 1. The number of anilines is 4. The van der Waals surface area contributed by atoms with E-state index in [4.69, 9.17) is 0 Å². The summed E-state index contributed by atoms with van der Waals surface area (Å²) in [6.45, 7) is 3.39. The molecule has 1 heterocycles. The lowest BCUT2D eigenvalue weighted by molar-refractivity contribution is -0.123. The van der Waals surface area contributed by atoms with Crippen LogP contribution < -0.4 is 20.9 Å². The predicted molar refractivity (Wildman–Crippen MR) is 151 cm³/mol. The van der Waals surface area contributed by atoms with Gasteiger partial charge in [-0.15, -0.1) is 0 Å². The normalized spacial score (nSPS) is 14.9. The Bertz CT molecular complexity index is 1540. The number of nitrogens with zero attached hydrogens (tertiary/aromatic N) is 2. The van der Waals surface area contributed by atoms with Crippen molar-refractivity contribution in [2.24, 2.45) is 0 Å². The fraction of sp³-hybridized carbons (Fsp3) is 0.250. The van der Waals surface area contributed by atoms with Crippen LogP contribution in [0.4, 0.5) is 22.7 Å². The molecule has 1 aliphatic rings. The second-order valence-electron chi connectivity index (χ2n) is 9.53. The number of fused-ring (bicyclic) bond motifs is 1. The number of nitrogens with one attached hydrogen (secondary N) is 3. The molecule has 204 valence electrons. The number of hydrogen-bond acceptors (Lipinski definition) is 6. The maximum atomic E-state index is 13.3. The Morgan fingerprint density at radius 3 is 2.26 bits per heavy atom. The van der Waals surface area contributed by atoms with E-state index in [9.17, 15) is 22.8 Å². The summed E-state index contributed by atoms with van der Waals surface area (Å²) in [5, 5.41) is 8.45. The molecule has 39 heavy (non-hydrogen) atoms. The fourth-order valence-corrected chi connectivity index (χ4v) is 5.22. The minimum Gasteiger partial charge on any atom is -0.348 e. The van der Waals surface area contributed by atoms with E-state index in [1.807, 2.05) is 25.1 Å². The molecule has 3 aromatic carbocycles. The number of amides is 3. The molecule has 1 atom stereocenters. The molecule has 11 heteroatoms. The third kappa shape index (κ3) is 6.10. The van der Waals surface area contributed by atoms with Gasteiger partial charge in [-0.2, -0.15) is 0 Å². The smallest absolute Gasteiger partial charge is 0.247 e. The van der Waals surface area contributed by atoms with Crippen LogP contribution in [0.1, 0.15) is 17.5 Å². The Morgan fingerprint density at radius 2 is 1.54 bits per heavy atom. The molecule has 0 fully saturated rings. The third-order valence-electron chi connectivity index (χ3n) is 6.52. The molecule has 3 amide bonds. The Morgan fingerprint density at radius 1 is 0.897 bits per heavy atom. The summed E-state index contributed by atoms with van der Waals surface area (Å²) < 4.78 is 26.3. The van der Waals surface area contributed by atoms with Crippen molar-refractivity contribution in [2.45, 2.75) is 31.2 Å². The molecule has 10 nitrogen and oxygen atoms in total. The highest BCUT2D eigenvalue weighted by molar-refractivity contribution is 7.89. The molecule has 1 aliphatic heterocycles. The zero-order chi connectivity index (χ0) is 28.3. The van der Waals surface area contributed by atoms with E-state index in [2.05, 4.69) is 16.0 Å². The van der Waals surface area contributed by atoms with Gasteiger partial charge in [0.05, 0.1) is 29.2 Å². The highest BCUT2D eigenvalue weighted by Gasteiger charge is 2.35. The molecule has 0 saturated carbocycles. The minimum absolute atomic E-state index is 0.0434. The van der Waals surface area contributed by atoms with Gasteiger partial charge in [-0.1, -0.05) is 36.4 Å². The van der Waals surface area contributed by atoms with E-state index in [0.29, 0.717) is 28.3 Å². The van der Waals surface area contributed by atoms with E-state index in [1.165, 1.54) is 26.2 Å². The molecule has 0 spiro atoms. The van der Waals surface area contributed by atoms with Gasteiger partial charge in [-0.25, -0.2) is 12.7 Å². The van der Waals surface area contributed by atoms with Crippen molar-refractivity contribution in [1.82, 2.24) is 4.31 Å². The second-order valence-corrected chi connectivity index (χ2v) is 11.7. The molecule has 3 N–H and O–H groups in total. The number of rotatable bonds is 8. The van der Waals surface area contributed by atoms with Gasteiger partial charge >= 0.3 is 0 Å². The quantitative estimate of drug-likeness (QED) is 0.395. The van der Waals surface area contributed by atoms with Crippen LogP contribution in [0, 0.1) is 13.8 Å². The van der Waals surface area contributed by atoms with Crippen LogP contribution in [-0.4, -0.2) is 57.1 Å². The third-order valence-corrected chi connectivity index (χ3v) is 8.33. The Kier molecular flexibility index (Phi) is 8.03. The summed E-state index contributed by atoms with van der Waals surface area (Å²) in [5.74, 6) is -1.24. The molecule has 0 saturated heterocycles. The monoisotopic (exact) mass is 549 g/mol. The van der Waals surface area contributed by atoms with Gasteiger partial charge in [-0.3, -0.25) is 14.4 Å². The predicted octanol–water partition coefficient (Wildman–Crippen LogP) is 3.35. The second kappa shape index (κ2) is 11.3. The van der Waals surface area contributed by atoms with Gasteiger partial charge in [0.15, 0.2) is 0 Å². The van der Waals surface area contributed by atoms with Gasteiger partial charge in [0.2, 0.25) is 27.7 Å². The van der Waals surface area contributed by atoms with Crippen molar-refractivity contribution in [3.05, 3.63) is 77.9 Å². The van der Waals surface area contributed by atoms with Crippen molar-refractivity contribution in [2.75, 3.05) is 41.5 Å². The standard InChI is InChI=1S/C28H31N5O5S/c1-18-9-5-6-10-21(18)29-26(34)16-25-28(36)31-22-11-7-8-12-24(22)33(25)17-27(35)30-23-15-20(14-13-19(23)2)39(37,38)32(3)4/h5-15,25H,16-17H2,1-4H3,(H,29,34)(H,30,35)(H,31,36)/t25-/m0/s1. The van der Waals surface area contributed by atoms with Crippen molar-refractivity contribution in [3.8, 4) is 0 Å². The topological polar surface area (TPSA) is 128 Å². The molecule has 0 radical (unpaired) electrons. The molecule has 4 rings (SSSR count). The number of para-hydroxylation sites is 3. The van der Waals surface area contributed by atoms with Crippen molar-refractivity contribution in [1.29, 1.82) is 0 Å².